The molecule has 1 saturated heterocycles. The quantitative estimate of drug-likeness (QED) is 0.793. The molecule has 6 nitrogen and oxygen atoms in total. The summed E-state index contributed by atoms with van der Waals surface area (Å²) in [6, 6.07) is 16.9. The van der Waals surface area contributed by atoms with Crippen molar-refractivity contribution in [1.82, 2.24) is 15.1 Å². The Kier molecular flexibility index (Phi) is 5.78. The Bertz CT molecular complexity index is 953. The number of amidine groups is 1. The van der Waals surface area contributed by atoms with Gasteiger partial charge in [-0.05, 0) is 23.6 Å². The minimum Gasteiger partial charge on any atom is -0.335 e. The fourth-order valence-electron chi connectivity index (χ4n) is 3.51. The van der Waals surface area contributed by atoms with Crippen LogP contribution in [0, 0.1) is 0 Å². The molecule has 4 rings (SSSR count). The number of halogens is 1. The number of carbonyl (C=O) groups is 2. The number of benzene rings is 2. The van der Waals surface area contributed by atoms with Crippen molar-refractivity contribution in [3.05, 3.63) is 70.7 Å². The van der Waals surface area contributed by atoms with Crippen molar-refractivity contribution in [2.24, 2.45) is 4.99 Å². The standard InChI is InChI=1S/C21H21ClN4O2S/c1-25-18-17(19(27)24-20(25)28)26(12-11-14-7-3-2-4-8-14)21(23-18)29-13-15-9-5-6-10-16(15)22/h2-10,17-18H,11-13H2,1H3,(H,24,27,28). The van der Waals surface area contributed by atoms with Gasteiger partial charge in [0.05, 0.1) is 0 Å². The Morgan fingerprint density at radius 3 is 2.59 bits per heavy atom. The number of hydrogen-bond donors (Lipinski definition) is 1. The summed E-state index contributed by atoms with van der Waals surface area (Å²) >= 11 is 7.83. The highest BCUT2D eigenvalue weighted by Gasteiger charge is 2.48. The zero-order valence-corrected chi connectivity index (χ0v) is 17.5. The summed E-state index contributed by atoms with van der Waals surface area (Å²) in [6.07, 6.45) is 0.265. The van der Waals surface area contributed by atoms with Gasteiger partial charge in [-0.1, -0.05) is 71.9 Å². The lowest BCUT2D eigenvalue weighted by Gasteiger charge is -2.36. The van der Waals surface area contributed by atoms with Crippen LogP contribution in [-0.2, 0) is 17.0 Å². The fraction of sp³-hybridized carbons (Fsp3) is 0.286. The highest BCUT2D eigenvalue weighted by Crippen LogP contribution is 2.31. The summed E-state index contributed by atoms with van der Waals surface area (Å²) in [4.78, 5) is 32.9. The smallest absolute Gasteiger partial charge is 0.325 e. The number of thioether (sulfide) groups is 1. The summed E-state index contributed by atoms with van der Waals surface area (Å²) in [5.74, 6) is 0.335. The van der Waals surface area contributed by atoms with E-state index in [-0.39, 0.29) is 5.91 Å². The molecule has 3 amide bonds. The van der Waals surface area contributed by atoms with E-state index in [4.69, 9.17) is 16.6 Å². The second kappa shape index (κ2) is 8.47. The molecule has 1 N–H and O–H groups in total. The van der Waals surface area contributed by atoms with Gasteiger partial charge in [0, 0.05) is 24.4 Å². The number of hydrogen-bond acceptors (Lipinski definition) is 5. The third-order valence-corrected chi connectivity index (χ3v) is 6.54. The van der Waals surface area contributed by atoms with E-state index >= 15 is 0 Å². The minimum absolute atomic E-state index is 0.303. The maximum absolute atomic E-state index is 12.6. The lowest BCUT2D eigenvalue weighted by Crippen LogP contribution is -2.63. The second-order valence-corrected chi connectivity index (χ2v) is 8.33. The van der Waals surface area contributed by atoms with Gasteiger partial charge in [0.25, 0.3) is 5.91 Å². The summed E-state index contributed by atoms with van der Waals surface area (Å²) < 4.78 is 0. The number of nitrogens with zero attached hydrogens (tertiary/aromatic N) is 3. The zero-order chi connectivity index (χ0) is 20.4. The molecule has 8 heteroatoms. The molecular weight excluding hydrogens is 408 g/mol. The summed E-state index contributed by atoms with van der Waals surface area (Å²) in [7, 11) is 1.67. The molecule has 0 aliphatic carbocycles. The Labute approximate surface area is 178 Å². The highest BCUT2D eigenvalue weighted by molar-refractivity contribution is 8.13. The molecule has 1 fully saturated rings. The molecule has 2 aromatic carbocycles. The van der Waals surface area contributed by atoms with Gasteiger partial charge in [-0.25, -0.2) is 9.79 Å². The molecule has 0 bridgehead atoms. The molecule has 2 atom stereocenters. The monoisotopic (exact) mass is 428 g/mol. The predicted molar refractivity (Wildman–Crippen MR) is 116 cm³/mol. The van der Waals surface area contributed by atoms with Crippen molar-refractivity contribution in [2.75, 3.05) is 13.6 Å². The van der Waals surface area contributed by atoms with Crippen LogP contribution in [0.2, 0.25) is 5.02 Å². The molecule has 2 aliphatic rings. The number of carbonyl (C=O) groups excluding carboxylic acids is 2. The minimum atomic E-state index is -0.518. The van der Waals surface area contributed by atoms with Gasteiger partial charge in [0.15, 0.2) is 17.4 Å². The van der Waals surface area contributed by atoms with Gasteiger partial charge in [0.1, 0.15) is 0 Å². The van der Waals surface area contributed by atoms with Gasteiger partial charge >= 0.3 is 6.03 Å². The highest BCUT2D eigenvalue weighted by atomic mass is 35.5. The molecule has 2 aromatic rings. The lowest BCUT2D eigenvalue weighted by atomic mass is 10.1. The number of likely N-dealkylation sites (N-methyl/N-ethyl adjacent to an activating group) is 1. The molecule has 2 unspecified atom stereocenters. The van der Waals surface area contributed by atoms with Gasteiger partial charge in [0.2, 0.25) is 0 Å². The maximum atomic E-state index is 12.6. The first kappa shape index (κ1) is 19.8. The second-order valence-electron chi connectivity index (χ2n) is 6.98. The van der Waals surface area contributed by atoms with Gasteiger partial charge in [-0.15, -0.1) is 0 Å². The summed E-state index contributed by atoms with van der Waals surface area (Å²) in [5, 5.41) is 3.90. The predicted octanol–water partition coefficient (Wildman–Crippen LogP) is 3.36. The lowest BCUT2D eigenvalue weighted by molar-refractivity contribution is -0.127. The van der Waals surface area contributed by atoms with E-state index in [1.165, 1.54) is 22.2 Å². The molecule has 29 heavy (non-hydrogen) atoms. The Hall–Kier alpha value is -2.51. The van der Waals surface area contributed by atoms with Crippen LogP contribution in [-0.4, -0.2) is 52.7 Å². The van der Waals surface area contributed by atoms with Crippen molar-refractivity contribution >= 4 is 40.5 Å². The number of rotatable bonds is 5. The van der Waals surface area contributed by atoms with Crippen LogP contribution in [0.4, 0.5) is 4.79 Å². The van der Waals surface area contributed by atoms with Gasteiger partial charge in [-0.3, -0.25) is 10.1 Å². The van der Waals surface area contributed by atoms with Gasteiger partial charge in [-0.2, -0.15) is 0 Å². The molecule has 0 saturated carbocycles. The molecule has 0 spiro atoms. The Balaban J connectivity index is 1.56. The summed E-state index contributed by atoms with van der Waals surface area (Å²) in [5.41, 5.74) is 2.20. The molecule has 2 heterocycles. The number of fused-ring (bicyclic) bond motifs is 1. The van der Waals surface area contributed by atoms with E-state index in [1.54, 1.807) is 7.05 Å². The molecule has 0 aromatic heterocycles. The van der Waals surface area contributed by atoms with Crippen molar-refractivity contribution in [1.29, 1.82) is 0 Å². The van der Waals surface area contributed by atoms with Crippen LogP contribution in [0.15, 0.2) is 59.6 Å². The first-order chi connectivity index (χ1) is 14.0. The number of amides is 3. The van der Waals surface area contributed by atoms with E-state index in [2.05, 4.69) is 17.4 Å². The molecule has 2 aliphatic heterocycles. The number of aliphatic imine (C=N–C) groups is 1. The molecule has 150 valence electrons. The van der Waals surface area contributed by atoms with Gasteiger partial charge < -0.3 is 9.80 Å². The largest absolute Gasteiger partial charge is 0.335 e. The number of urea groups is 1. The van der Waals surface area contributed by atoms with Crippen LogP contribution >= 0.6 is 23.4 Å². The van der Waals surface area contributed by atoms with Crippen LogP contribution in [0.5, 0.6) is 0 Å². The van der Waals surface area contributed by atoms with Crippen molar-refractivity contribution in [3.8, 4) is 0 Å². The van der Waals surface area contributed by atoms with E-state index in [0.29, 0.717) is 17.3 Å². The first-order valence-electron chi connectivity index (χ1n) is 9.37. The topological polar surface area (TPSA) is 65.0 Å². The fourth-order valence-corrected chi connectivity index (χ4v) is 4.88. The van der Waals surface area contributed by atoms with Crippen LogP contribution < -0.4 is 5.32 Å². The average Bonchev–Trinajstić information content (AvgIpc) is 3.10. The van der Waals surface area contributed by atoms with Crippen LogP contribution in [0.25, 0.3) is 0 Å². The van der Waals surface area contributed by atoms with Crippen molar-refractivity contribution in [2.45, 2.75) is 24.4 Å². The van der Waals surface area contributed by atoms with Crippen molar-refractivity contribution < 1.29 is 9.59 Å². The number of imide groups is 1. The first-order valence-corrected chi connectivity index (χ1v) is 10.7. The average molecular weight is 429 g/mol. The number of nitrogens with one attached hydrogen (secondary N) is 1. The SMILES string of the molecule is CN1C(=O)NC(=O)C2C1N=C(SCc1ccccc1Cl)N2CCc1ccccc1. The van der Waals surface area contributed by atoms with E-state index < -0.39 is 18.2 Å². The van der Waals surface area contributed by atoms with E-state index in [0.717, 1.165) is 17.2 Å². The normalized spacial score (nSPS) is 21.1. The van der Waals surface area contributed by atoms with Crippen LogP contribution in [0.1, 0.15) is 11.1 Å². The maximum Gasteiger partial charge on any atom is 0.325 e. The van der Waals surface area contributed by atoms with E-state index in [9.17, 15) is 9.59 Å². The summed E-state index contributed by atoms with van der Waals surface area (Å²) in [6.45, 7) is 0.634. The van der Waals surface area contributed by atoms with Crippen LogP contribution in [0.3, 0.4) is 0 Å². The third-order valence-electron chi connectivity index (χ3n) is 5.12. The molecular formula is C21H21ClN4O2S. The zero-order valence-electron chi connectivity index (χ0n) is 15.9. The third kappa shape index (κ3) is 4.11. The van der Waals surface area contributed by atoms with E-state index in [1.807, 2.05) is 47.4 Å². The van der Waals surface area contributed by atoms with Crippen molar-refractivity contribution in [3.63, 3.8) is 0 Å². The molecule has 0 radical (unpaired) electrons. The Morgan fingerprint density at radius 2 is 1.83 bits per heavy atom. The Morgan fingerprint density at radius 1 is 1.10 bits per heavy atom.